The van der Waals surface area contributed by atoms with Crippen LogP contribution in [0.4, 0.5) is 5.69 Å². The van der Waals surface area contributed by atoms with Gasteiger partial charge in [-0.2, -0.15) is 0 Å². The van der Waals surface area contributed by atoms with Gasteiger partial charge < -0.3 is 5.73 Å². The van der Waals surface area contributed by atoms with Gasteiger partial charge in [0.15, 0.2) is 0 Å². The van der Waals surface area contributed by atoms with Gasteiger partial charge in [0.05, 0.1) is 0 Å². The molecule has 0 saturated carbocycles. The summed E-state index contributed by atoms with van der Waals surface area (Å²) in [6.45, 7) is 4.14. The van der Waals surface area contributed by atoms with Crippen LogP contribution in [0.3, 0.4) is 0 Å². The van der Waals surface area contributed by atoms with Gasteiger partial charge in [-0.25, -0.2) is 0 Å². The Labute approximate surface area is 75.8 Å². The summed E-state index contributed by atoms with van der Waals surface area (Å²) < 4.78 is 1.33. The average molecular weight is 177 g/mol. The summed E-state index contributed by atoms with van der Waals surface area (Å²) in [5, 5.41) is 3.40. The van der Waals surface area contributed by atoms with Crippen LogP contribution in [-0.4, -0.2) is 0 Å². The molecule has 0 aliphatic heterocycles. The van der Waals surface area contributed by atoms with Crippen LogP contribution in [0.5, 0.6) is 0 Å². The fourth-order valence-corrected chi connectivity index (χ4v) is 2.40. The van der Waals surface area contributed by atoms with Crippen molar-refractivity contribution in [3.05, 3.63) is 28.6 Å². The van der Waals surface area contributed by atoms with Crippen LogP contribution in [0, 0.1) is 13.8 Å². The van der Waals surface area contributed by atoms with Crippen molar-refractivity contribution in [3.8, 4) is 0 Å². The molecule has 0 atom stereocenters. The van der Waals surface area contributed by atoms with E-state index in [2.05, 4.69) is 31.4 Å². The molecule has 0 amide bonds. The fourth-order valence-electron chi connectivity index (χ4n) is 1.46. The van der Waals surface area contributed by atoms with Crippen molar-refractivity contribution in [1.82, 2.24) is 0 Å². The summed E-state index contributed by atoms with van der Waals surface area (Å²) in [6.07, 6.45) is 0. The van der Waals surface area contributed by atoms with Crippen LogP contribution in [0.15, 0.2) is 17.5 Å². The van der Waals surface area contributed by atoms with Gasteiger partial charge >= 0.3 is 0 Å². The number of fused-ring (bicyclic) bond motifs is 1. The van der Waals surface area contributed by atoms with Crippen LogP contribution in [0.1, 0.15) is 11.1 Å². The van der Waals surface area contributed by atoms with Crippen molar-refractivity contribution in [1.29, 1.82) is 0 Å². The third-order valence-electron chi connectivity index (χ3n) is 2.28. The second-order valence-corrected chi connectivity index (χ2v) is 4.01. The number of rotatable bonds is 0. The number of nitrogen functional groups attached to an aromatic ring is 1. The molecule has 0 saturated heterocycles. The quantitative estimate of drug-likeness (QED) is 0.615. The first-order chi connectivity index (χ1) is 5.70. The highest BCUT2D eigenvalue weighted by molar-refractivity contribution is 7.17. The predicted molar refractivity (Wildman–Crippen MR) is 55.7 cm³/mol. The summed E-state index contributed by atoms with van der Waals surface area (Å²) in [6, 6.07) is 4.29. The summed E-state index contributed by atoms with van der Waals surface area (Å²) in [5.74, 6) is 0. The van der Waals surface area contributed by atoms with E-state index in [4.69, 9.17) is 5.73 Å². The van der Waals surface area contributed by atoms with Crippen LogP contribution in [0.25, 0.3) is 10.1 Å². The summed E-state index contributed by atoms with van der Waals surface area (Å²) in [7, 11) is 0. The molecular weight excluding hydrogens is 166 g/mol. The molecule has 1 aromatic carbocycles. The topological polar surface area (TPSA) is 26.0 Å². The summed E-state index contributed by atoms with van der Waals surface area (Å²) in [5.41, 5.74) is 9.24. The van der Waals surface area contributed by atoms with Gasteiger partial charge in [0.2, 0.25) is 0 Å². The van der Waals surface area contributed by atoms with Crippen LogP contribution in [0.2, 0.25) is 0 Å². The van der Waals surface area contributed by atoms with E-state index in [9.17, 15) is 0 Å². The van der Waals surface area contributed by atoms with Gasteiger partial charge in [-0.1, -0.05) is 0 Å². The van der Waals surface area contributed by atoms with Crippen LogP contribution < -0.4 is 5.73 Å². The molecular formula is C10H11NS. The molecule has 0 aliphatic carbocycles. The standard InChI is InChI=1S/C10H11NS/c1-6-5-9-8(3-4-12-9)7(2)10(6)11/h3-5H,11H2,1-2H3. The van der Waals surface area contributed by atoms with Crippen molar-refractivity contribution in [2.24, 2.45) is 0 Å². The second kappa shape index (κ2) is 2.49. The summed E-state index contributed by atoms with van der Waals surface area (Å²) >= 11 is 1.77. The first kappa shape index (κ1) is 7.62. The number of hydrogen-bond acceptors (Lipinski definition) is 2. The van der Waals surface area contributed by atoms with E-state index in [1.54, 1.807) is 11.3 Å². The maximum Gasteiger partial charge on any atom is 0.0380 e. The van der Waals surface area contributed by atoms with E-state index >= 15 is 0 Å². The average Bonchev–Trinajstić information content (AvgIpc) is 2.48. The van der Waals surface area contributed by atoms with Crippen molar-refractivity contribution in [2.45, 2.75) is 13.8 Å². The largest absolute Gasteiger partial charge is 0.398 e. The van der Waals surface area contributed by atoms with Gasteiger partial charge in [0.1, 0.15) is 0 Å². The molecule has 0 unspecified atom stereocenters. The SMILES string of the molecule is Cc1cc2sccc2c(C)c1N. The molecule has 0 spiro atoms. The molecule has 1 aromatic heterocycles. The molecule has 2 rings (SSSR count). The highest BCUT2D eigenvalue weighted by Gasteiger charge is 2.04. The Bertz CT molecular complexity index is 429. The van der Waals surface area contributed by atoms with E-state index in [-0.39, 0.29) is 0 Å². The molecule has 0 aliphatic rings. The molecule has 1 nitrogen and oxygen atoms in total. The Hall–Kier alpha value is -1.02. The molecule has 0 bridgehead atoms. The maximum absolute atomic E-state index is 5.91. The number of thiophene rings is 1. The zero-order valence-corrected chi connectivity index (χ0v) is 8.03. The molecule has 1 heterocycles. The molecule has 2 N–H and O–H groups in total. The first-order valence-corrected chi connectivity index (χ1v) is 4.81. The zero-order valence-electron chi connectivity index (χ0n) is 7.22. The molecule has 0 radical (unpaired) electrons. The Balaban J connectivity index is 2.94. The number of hydrogen-bond donors (Lipinski definition) is 1. The lowest BCUT2D eigenvalue weighted by Gasteiger charge is -2.04. The van der Waals surface area contributed by atoms with Gasteiger partial charge in [-0.05, 0) is 47.9 Å². The maximum atomic E-state index is 5.91. The Morgan fingerprint density at radius 3 is 2.83 bits per heavy atom. The Kier molecular flexibility index (Phi) is 1.58. The minimum atomic E-state index is 0.931. The van der Waals surface area contributed by atoms with Gasteiger partial charge in [-0.3, -0.25) is 0 Å². The molecule has 2 aromatic rings. The Morgan fingerprint density at radius 2 is 2.08 bits per heavy atom. The highest BCUT2D eigenvalue weighted by Crippen LogP contribution is 2.30. The van der Waals surface area contributed by atoms with Crippen LogP contribution in [-0.2, 0) is 0 Å². The molecule has 0 fully saturated rings. The van der Waals surface area contributed by atoms with Crippen molar-refractivity contribution in [3.63, 3.8) is 0 Å². The normalized spacial score (nSPS) is 10.8. The first-order valence-electron chi connectivity index (χ1n) is 3.93. The lowest BCUT2D eigenvalue weighted by molar-refractivity contribution is 1.44. The smallest absolute Gasteiger partial charge is 0.0380 e. The third-order valence-corrected chi connectivity index (χ3v) is 3.14. The van der Waals surface area contributed by atoms with E-state index in [0.29, 0.717) is 0 Å². The number of benzene rings is 1. The van der Waals surface area contributed by atoms with E-state index < -0.39 is 0 Å². The van der Waals surface area contributed by atoms with E-state index in [1.165, 1.54) is 21.2 Å². The zero-order chi connectivity index (χ0) is 8.72. The van der Waals surface area contributed by atoms with Crippen molar-refractivity contribution >= 4 is 27.1 Å². The minimum Gasteiger partial charge on any atom is -0.398 e. The molecule has 62 valence electrons. The van der Waals surface area contributed by atoms with E-state index in [0.717, 1.165) is 5.69 Å². The minimum absolute atomic E-state index is 0.931. The van der Waals surface area contributed by atoms with Crippen LogP contribution >= 0.6 is 11.3 Å². The van der Waals surface area contributed by atoms with Gasteiger partial charge in [0, 0.05) is 10.4 Å². The van der Waals surface area contributed by atoms with Crippen molar-refractivity contribution in [2.75, 3.05) is 5.73 Å². The van der Waals surface area contributed by atoms with Gasteiger partial charge in [-0.15, -0.1) is 11.3 Å². The third kappa shape index (κ3) is 0.916. The monoisotopic (exact) mass is 177 g/mol. The number of nitrogens with two attached hydrogens (primary N) is 1. The van der Waals surface area contributed by atoms with Crippen molar-refractivity contribution < 1.29 is 0 Å². The van der Waals surface area contributed by atoms with E-state index in [1.807, 2.05) is 0 Å². The van der Waals surface area contributed by atoms with Gasteiger partial charge in [0.25, 0.3) is 0 Å². The number of aryl methyl sites for hydroxylation is 2. The molecule has 2 heteroatoms. The highest BCUT2D eigenvalue weighted by atomic mass is 32.1. The number of anilines is 1. The predicted octanol–water partition coefficient (Wildman–Crippen LogP) is 3.10. The fraction of sp³-hybridized carbons (Fsp3) is 0.200. The Morgan fingerprint density at radius 1 is 1.33 bits per heavy atom. The lowest BCUT2D eigenvalue weighted by Crippen LogP contribution is -1.92. The second-order valence-electron chi connectivity index (χ2n) is 3.06. The molecule has 12 heavy (non-hydrogen) atoms. The summed E-state index contributed by atoms with van der Waals surface area (Å²) in [4.78, 5) is 0. The lowest BCUT2D eigenvalue weighted by atomic mass is 10.1.